The summed E-state index contributed by atoms with van der Waals surface area (Å²) in [5, 5.41) is 6.88. The van der Waals surface area contributed by atoms with Crippen LogP contribution in [0.15, 0.2) is 0 Å². The maximum absolute atomic E-state index is 12.7. The van der Waals surface area contributed by atoms with Gasteiger partial charge in [-0.25, -0.2) is 0 Å². The van der Waals surface area contributed by atoms with Gasteiger partial charge in [0.25, 0.3) is 0 Å². The fraction of sp³-hybridized carbons (Fsp3) is 0.750. The Labute approximate surface area is 113 Å². The predicted molar refractivity (Wildman–Crippen MR) is 62.6 cm³/mol. The molecule has 0 N–H and O–H groups in total. The molecule has 0 aromatic carbocycles. The highest BCUT2D eigenvalue weighted by molar-refractivity contribution is 5.83. The van der Waals surface area contributed by atoms with Crippen LogP contribution in [0.3, 0.4) is 0 Å². The first-order valence-electron chi connectivity index (χ1n) is 6.69. The Morgan fingerprint density at radius 2 is 2.05 bits per heavy atom. The molecule has 3 rings (SSSR count). The summed E-state index contributed by atoms with van der Waals surface area (Å²) in [6, 6.07) is 0. The molecular formula is C12H15F3N4O. The van der Waals surface area contributed by atoms with Gasteiger partial charge in [-0.05, 0) is 12.8 Å². The monoisotopic (exact) mass is 288 g/mol. The van der Waals surface area contributed by atoms with Gasteiger partial charge in [0.2, 0.25) is 5.82 Å². The van der Waals surface area contributed by atoms with E-state index in [4.69, 9.17) is 0 Å². The average Bonchev–Trinajstić information content (AvgIpc) is 2.95. The number of Topliss-reactive ketones (excluding diaryl/α,β-unsaturated/α-hetero) is 1. The lowest BCUT2D eigenvalue weighted by Gasteiger charge is -2.29. The molecule has 1 aliphatic heterocycles. The van der Waals surface area contributed by atoms with E-state index < -0.39 is 12.0 Å². The van der Waals surface area contributed by atoms with Crippen LogP contribution in [0.1, 0.15) is 30.9 Å². The van der Waals surface area contributed by atoms with Crippen molar-refractivity contribution >= 4 is 5.78 Å². The number of hydrogen-bond donors (Lipinski definition) is 0. The summed E-state index contributed by atoms with van der Waals surface area (Å²) >= 11 is 0. The number of aromatic nitrogens is 3. The van der Waals surface area contributed by atoms with Crippen molar-refractivity contribution in [3.63, 3.8) is 0 Å². The summed E-state index contributed by atoms with van der Waals surface area (Å²) in [5.41, 5.74) is 0. The van der Waals surface area contributed by atoms with E-state index in [0.717, 1.165) is 17.4 Å². The van der Waals surface area contributed by atoms with E-state index in [9.17, 15) is 18.0 Å². The van der Waals surface area contributed by atoms with Crippen LogP contribution in [-0.2, 0) is 24.1 Å². The van der Waals surface area contributed by atoms with Crippen molar-refractivity contribution in [1.29, 1.82) is 0 Å². The minimum atomic E-state index is -4.46. The van der Waals surface area contributed by atoms with Crippen molar-refractivity contribution in [2.75, 3.05) is 13.1 Å². The van der Waals surface area contributed by atoms with Crippen molar-refractivity contribution in [2.45, 2.75) is 38.5 Å². The van der Waals surface area contributed by atoms with Crippen LogP contribution in [0.5, 0.6) is 0 Å². The molecule has 2 heterocycles. The van der Waals surface area contributed by atoms with Crippen molar-refractivity contribution in [3.8, 4) is 0 Å². The number of ketones is 1. The van der Waals surface area contributed by atoms with Crippen LogP contribution >= 0.6 is 0 Å². The second-order valence-corrected chi connectivity index (χ2v) is 5.38. The maximum atomic E-state index is 12.7. The van der Waals surface area contributed by atoms with Crippen molar-refractivity contribution in [1.82, 2.24) is 19.7 Å². The Morgan fingerprint density at radius 3 is 2.70 bits per heavy atom. The molecule has 1 aromatic heterocycles. The molecule has 0 bridgehead atoms. The lowest BCUT2D eigenvalue weighted by Crippen LogP contribution is -2.38. The van der Waals surface area contributed by atoms with Gasteiger partial charge in [-0.15, -0.1) is 10.2 Å². The fourth-order valence-corrected chi connectivity index (χ4v) is 2.97. The molecule has 1 aliphatic carbocycles. The normalized spacial score (nSPS) is 24.1. The van der Waals surface area contributed by atoms with Crippen molar-refractivity contribution < 1.29 is 18.0 Å². The largest absolute Gasteiger partial charge is 0.451 e. The number of halogens is 3. The molecule has 1 saturated carbocycles. The van der Waals surface area contributed by atoms with Gasteiger partial charge in [-0.2, -0.15) is 13.2 Å². The summed E-state index contributed by atoms with van der Waals surface area (Å²) in [4.78, 5) is 13.6. The highest BCUT2D eigenvalue weighted by Crippen LogP contribution is 2.30. The predicted octanol–water partition coefficient (Wildman–Crippen LogP) is 1.48. The fourth-order valence-electron chi connectivity index (χ4n) is 2.97. The van der Waals surface area contributed by atoms with E-state index in [1.165, 1.54) is 0 Å². The van der Waals surface area contributed by atoms with E-state index in [0.29, 0.717) is 31.9 Å². The van der Waals surface area contributed by atoms with E-state index in [1.54, 1.807) is 0 Å². The van der Waals surface area contributed by atoms with Gasteiger partial charge in [0.1, 0.15) is 11.6 Å². The van der Waals surface area contributed by atoms with Gasteiger partial charge in [-0.1, -0.05) is 0 Å². The highest BCUT2D eigenvalue weighted by Gasteiger charge is 2.39. The lowest BCUT2D eigenvalue weighted by atomic mass is 10.1. The molecule has 0 amide bonds. The number of rotatable bonds is 2. The molecule has 1 atom stereocenters. The number of hydrogen-bond acceptors (Lipinski definition) is 4. The van der Waals surface area contributed by atoms with E-state index in [-0.39, 0.29) is 18.2 Å². The molecule has 1 aromatic rings. The third-order valence-electron chi connectivity index (χ3n) is 4.00. The van der Waals surface area contributed by atoms with E-state index in [2.05, 4.69) is 10.2 Å². The molecular weight excluding hydrogens is 273 g/mol. The average molecular weight is 288 g/mol. The zero-order chi connectivity index (χ0) is 14.3. The Bertz CT molecular complexity index is 525. The number of carbonyl (C=O) groups excluding carboxylic acids is 1. The molecule has 1 unspecified atom stereocenters. The van der Waals surface area contributed by atoms with Crippen LogP contribution in [0.2, 0.25) is 0 Å². The van der Waals surface area contributed by atoms with E-state index >= 15 is 0 Å². The van der Waals surface area contributed by atoms with Gasteiger partial charge in [0.05, 0.1) is 6.54 Å². The summed E-state index contributed by atoms with van der Waals surface area (Å²) in [6.45, 7) is 1.66. The number of alkyl halides is 3. The summed E-state index contributed by atoms with van der Waals surface area (Å²) in [7, 11) is 0. The molecule has 110 valence electrons. The highest BCUT2D eigenvalue weighted by atomic mass is 19.4. The Balaban J connectivity index is 1.70. The minimum absolute atomic E-state index is 0.0338. The molecule has 0 spiro atoms. The van der Waals surface area contributed by atoms with Crippen molar-refractivity contribution in [3.05, 3.63) is 11.6 Å². The molecule has 8 heteroatoms. The topological polar surface area (TPSA) is 51.0 Å². The third kappa shape index (κ3) is 2.44. The van der Waals surface area contributed by atoms with Crippen molar-refractivity contribution in [2.24, 2.45) is 5.92 Å². The third-order valence-corrected chi connectivity index (χ3v) is 4.00. The molecule has 0 radical (unpaired) electrons. The summed E-state index contributed by atoms with van der Waals surface area (Å²) in [5.74, 6) is -0.294. The van der Waals surface area contributed by atoms with Crippen LogP contribution in [-0.4, -0.2) is 38.5 Å². The summed E-state index contributed by atoms with van der Waals surface area (Å²) < 4.78 is 39.2. The van der Waals surface area contributed by atoms with Gasteiger partial charge < -0.3 is 4.57 Å². The maximum Gasteiger partial charge on any atom is 0.451 e. The first-order valence-corrected chi connectivity index (χ1v) is 6.69. The second-order valence-electron chi connectivity index (χ2n) is 5.38. The van der Waals surface area contributed by atoms with Crippen LogP contribution < -0.4 is 0 Å². The number of fused-ring (bicyclic) bond motifs is 1. The van der Waals surface area contributed by atoms with Gasteiger partial charge >= 0.3 is 6.18 Å². The van der Waals surface area contributed by atoms with Crippen LogP contribution in [0.4, 0.5) is 13.2 Å². The Morgan fingerprint density at radius 1 is 1.25 bits per heavy atom. The van der Waals surface area contributed by atoms with Gasteiger partial charge in [0, 0.05) is 32.0 Å². The second kappa shape index (κ2) is 4.83. The quantitative estimate of drug-likeness (QED) is 0.827. The van der Waals surface area contributed by atoms with Gasteiger partial charge in [-0.3, -0.25) is 9.69 Å². The minimum Gasteiger partial charge on any atom is -0.305 e. The zero-order valence-corrected chi connectivity index (χ0v) is 10.9. The molecule has 5 nitrogen and oxygen atoms in total. The standard InChI is InChI=1S/C12H15F3N4O/c13-12(14,15)11-17-16-10-7-18(4-5-19(10)11)6-8-2-1-3-9(8)20/h8H,1-7H2. The SMILES string of the molecule is O=C1CCCC1CN1CCn2c(nnc2C(F)(F)F)C1. The molecule has 0 saturated heterocycles. The molecule has 20 heavy (non-hydrogen) atoms. The lowest BCUT2D eigenvalue weighted by molar-refractivity contribution is -0.148. The summed E-state index contributed by atoms with van der Waals surface area (Å²) in [6.07, 6.45) is -2.02. The first kappa shape index (κ1) is 13.5. The van der Waals surface area contributed by atoms with Crippen LogP contribution in [0, 0.1) is 5.92 Å². The van der Waals surface area contributed by atoms with Gasteiger partial charge in [0.15, 0.2) is 0 Å². The van der Waals surface area contributed by atoms with E-state index in [1.807, 2.05) is 4.90 Å². The number of carbonyl (C=O) groups is 1. The smallest absolute Gasteiger partial charge is 0.305 e. The molecule has 1 fully saturated rings. The molecule has 2 aliphatic rings. The first-order chi connectivity index (χ1) is 9.45. The Kier molecular flexibility index (Phi) is 3.27. The zero-order valence-electron chi connectivity index (χ0n) is 10.9. The number of nitrogens with zero attached hydrogens (tertiary/aromatic N) is 4. The van der Waals surface area contributed by atoms with Crippen LogP contribution in [0.25, 0.3) is 0 Å². The Hall–Kier alpha value is -1.44.